The van der Waals surface area contributed by atoms with Crippen LogP contribution >= 0.6 is 0 Å². The molecule has 0 N–H and O–H groups in total. The van der Waals surface area contributed by atoms with Crippen molar-refractivity contribution >= 4 is 11.4 Å². The molecular weight excluding hydrogens is 236 g/mol. The highest BCUT2D eigenvalue weighted by molar-refractivity contribution is 5.43. The number of nitro benzene ring substituents is 1. The van der Waals surface area contributed by atoms with Crippen LogP contribution in [0.1, 0.15) is 0 Å². The first kappa shape index (κ1) is 11.7. The maximum atomic E-state index is 10.5. The van der Waals surface area contributed by atoms with Crippen molar-refractivity contribution in [2.45, 2.75) is 0 Å². The van der Waals surface area contributed by atoms with Crippen LogP contribution in [0.25, 0.3) is 0 Å². The van der Waals surface area contributed by atoms with E-state index in [1.54, 1.807) is 12.1 Å². The normalized spacial score (nSPS) is 9.78. The lowest BCUT2D eigenvalue weighted by atomic mass is 10.3. The molecule has 0 saturated heterocycles. The van der Waals surface area contributed by atoms with Gasteiger partial charge in [-0.25, -0.2) is 0 Å². The highest BCUT2D eigenvalue weighted by Crippen LogP contribution is 2.25. The van der Waals surface area contributed by atoms with Crippen LogP contribution in [-0.2, 0) is 0 Å². The molecule has 2 rings (SSSR count). The predicted molar refractivity (Wildman–Crippen MR) is 65.1 cm³/mol. The number of nitrogens with zero attached hydrogens (tertiary/aromatic N) is 2. The summed E-state index contributed by atoms with van der Waals surface area (Å²) in [5.41, 5.74) is 0.314. The first-order chi connectivity index (χ1) is 8.69. The van der Waals surface area contributed by atoms with Gasteiger partial charge in [0.1, 0.15) is 17.2 Å². The minimum absolute atomic E-state index is 0.00264. The van der Waals surface area contributed by atoms with Gasteiger partial charge < -0.3 is 4.74 Å². The number of ether oxygens (including phenoxy) is 1. The van der Waals surface area contributed by atoms with Gasteiger partial charge in [-0.3, -0.25) is 10.1 Å². The van der Waals surface area contributed by atoms with E-state index in [2.05, 4.69) is 5.18 Å². The Bertz CT molecular complexity index is 564. The number of hydrogen-bond acceptors (Lipinski definition) is 5. The van der Waals surface area contributed by atoms with Gasteiger partial charge in [0.25, 0.3) is 5.69 Å². The van der Waals surface area contributed by atoms with Gasteiger partial charge in [0, 0.05) is 12.1 Å². The predicted octanol–water partition coefficient (Wildman–Crippen LogP) is 3.79. The van der Waals surface area contributed by atoms with Crippen LogP contribution in [0.15, 0.2) is 53.7 Å². The average Bonchev–Trinajstić information content (AvgIpc) is 2.40. The summed E-state index contributed by atoms with van der Waals surface area (Å²) >= 11 is 0. The van der Waals surface area contributed by atoms with E-state index in [9.17, 15) is 15.0 Å². The molecule has 0 bridgehead atoms. The second kappa shape index (κ2) is 5.05. The van der Waals surface area contributed by atoms with Crippen LogP contribution in [0, 0.1) is 15.0 Å². The summed E-state index contributed by atoms with van der Waals surface area (Å²) in [7, 11) is 0. The highest BCUT2D eigenvalue weighted by Gasteiger charge is 2.05. The van der Waals surface area contributed by atoms with Crippen molar-refractivity contribution < 1.29 is 9.66 Å². The Hall–Kier alpha value is -2.76. The zero-order valence-corrected chi connectivity index (χ0v) is 9.15. The van der Waals surface area contributed by atoms with E-state index in [1.165, 1.54) is 36.4 Å². The van der Waals surface area contributed by atoms with Gasteiger partial charge >= 0.3 is 0 Å². The molecule has 0 aliphatic rings. The maximum Gasteiger partial charge on any atom is 0.269 e. The van der Waals surface area contributed by atoms with E-state index >= 15 is 0 Å². The number of nitro groups is 1. The minimum atomic E-state index is -0.478. The third kappa shape index (κ3) is 2.67. The van der Waals surface area contributed by atoms with Crippen LogP contribution in [0.2, 0.25) is 0 Å². The van der Waals surface area contributed by atoms with Gasteiger partial charge in [-0.05, 0) is 41.6 Å². The molecule has 0 heterocycles. The average molecular weight is 244 g/mol. The standard InChI is InChI=1S/C12H8N2O4/c15-13-9-1-5-11(6-2-9)18-12-7-3-10(4-8-12)14(16)17/h1-8H. The number of benzene rings is 2. The SMILES string of the molecule is O=Nc1ccc(Oc2ccc([N+](=O)[O-])cc2)cc1. The topological polar surface area (TPSA) is 81.8 Å². The Labute approximate surface area is 102 Å². The van der Waals surface area contributed by atoms with Crippen LogP contribution in [-0.4, -0.2) is 4.92 Å². The number of non-ortho nitro benzene ring substituents is 1. The zero-order valence-electron chi connectivity index (χ0n) is 9.15. The molecule has 0 radical (unpaired) electrons. The smallest absolute Gasteiger partial charge is 0.269 e. The molecule has 0 spiro atoms. The molecule has 0 aliphatic carbocycles. The Balaban J connectivity index is 2.12. The van der Waals surface area contributed by atoms with Crippen molar-refractivity contribution in [1.82, 2.24) is 0 Å². The van der Waals surface area contributed by atoms with Crippen LogP contribution in [0.4, 0.5) is 11.4 Å². The summed E-state index contributed by atoms with van der Waals surface area (Å²) in [6.45, 7) is 0. The Morgan fingerprint density at radius 3 is 1.89 bits per heavy atom. The minimum Gasteiger partial charge on any atom is -0.457 e. The van der Waals surface area contributed by atoms with Gasteiger partial charge in [0.15, 0.2) is 0 Å². The Kier molecular flexibility index (Phi) is 3.29. The molecule has 0 unspecified atom stereocenters. The van der Waals surface area contributed by atoms with Crippen molar-refractivity contribution in [1.29, 1.82) is 0 Å². The lowest BCUT2D eigenvalue weighted by Crippen LogP contribution is -1.88. The molecule has 6 nitrogen and oxygen atoms in total. The number of hydrogen-bond donors (Lipinski definition) is 0. The van der Waals surface area contributed by atoms with Crippen molar-refractivity contribution in [2.24, 2.45) is 5.18 Å². The molecule has 0 fully saturated rings. The molecule has 0 aromatic heterocycles. The summed E-state index contributed by atoms with van der Waals surface area (Å²) in [6.07, 6.45) is 0. The fourth-order valence-electron chi connectivity index (χ4n) is 1.35. The quantitative estimate of drug-likeness (QED) is 0.465. The van der Waals surface area contributed by atoms with Crippen LogP contribution in [0.5, 0.6) is 11.5 Å². The molecular formula is C12H8N2O4. The van der Waals surface area contributed by atoms with Crippen molar-refractivity contribution in [3.8, 4) is 11.5 Å². The Morgan fingerprint density at radius 1 is 0.944 bits per heavy atom. The van der Waals surface area contributed by atoms with E-state index < -0.39 is 4.92 Å². The van der Waals surface area contributed by atoms with Crippen LogP contribution < -0.4 is 4.74 Å². The Morgan fingerprint density at radius 2 is 1.44 bits per heavy atom. The second-order valence-electron chi connectivity index (χ2n) is 3.44. The monoisotopic (exact) mass is 244 g/mol. The second-order valence-corrected chi connectivity index (χ2v) is 3.44. The molecule has 18 heavy (non-hydrogen) atoms. The lowest BCUT2D eigenvalue weighted by molar-refractivity contribution is -0.384. The van der Waals surface area contributed by atoms with E-state index in [0.29, 0.717) is 17.2 Å². The van der Waals surface area contributed by atoms with Gasteiger partial charge in [0.05, 0.1) is 4.92 Å². The summed E-state index contributed by atoms with van der Waals surface area (Å²) in [5.74, 6) is 1.00. The van der Waals surface area contributed by atoms with E-state index in [4.69, 9.17) is 4.74 Å². The molecule has 0 atom stereocenters. The largest absolute Gasteiger partial charge is 0.457 e. The molecule has 0 saturated carbocycles. The molecule has 2 aromatic carbocycles. The summed E-state index contributed by atoms with van der Waals surface area (Å²) in [6, 6.07) is 12.0. The van der Waals surface area contributed by atoms with E-state index in [1.807, 2.05) is 0 Å². The van der Waals surface area contributed by atoms with Crippen LogP contribution in [0.3, 0.4) is 0 Å². The lowest BCUT2D eigenvalue weighted by Gasteiger charge is -2.04. The number of rotatable bonds is 4. The van der Waals surface area contributed by atoms with Gasteiger partial charge in [-0.15, -0.1) is 4.91 Å². The molecule has 2 aromatic rings. The third-order valence-electron chi connectivity index (χ3n) is 2.23. The first-order valence-electron chi connectivity index (χ1n) is 5.05. The molecule has 6 heteroatoms. The molecule has 0 amide bonds. The van der Waals surface area contributed by atoms with Gasteiger partial charge in [-0.2, -0.15) is 0 Å². The highest BCUT2D eigenvalue weighted by atomic mass is 16.6. The van der Waals surface area contributed by atoms with E-state index in [-0.39, 0.29) is 5.69 Å². The maximum absolute atomic E-state index is 10.5. The summed E-state index contributed by atoms with van der Waals surface area (Å²) < 4.78 is 5.45. The fraction of sp³-hybridized carbons (Fsp3) is 0. The van der Waals surface area contributed by atoms with Gasteiger partial charge in [0.2, 0.25) is 0 Å². The zero-order chi connectivity index (χ0) is 13.0. The number of nitroso groups, excluding NO2 is 1. The summed E-state index contributed by atoms with van der Waals surface area (Å²) in [4.78, 5) is 20.2. The van der Waals surface area contributed by atoms with Crippen molar-refractivity contribution in [3.63, 3.8) is 0 Å². The molecule has 0 aliphatic heterocycles. The van der Waals surface area contributed by atoms with Crippen molar-refractivity contribution in [2.75, 3.05) is 0 Å². The van der Waals surface area contributed by atoms with Gasteiger partial charge in [-0.1, -0.05) is 0 Å². The molecule has 90 valence electrons. The fourth-order valence-corrected chi connectivity index (χ4v) is 1.35. The summed E-state index contributed by atoms with van der Waals surface area (Å²) in [5, 5.41) is 13.2. The van der Waals surface area contributed by atoms with Crippen molar-refractivity contribution in [3.05, 3.63) is 63.6 Å². The third-order valence-corrected chi connectivity index (χ3v) is 2.23. The first-order valence-corrected chi connectivity index (χ1v) is 5.05. The van der Waals surface area contributed by atoms with E-state index in [0.717, 1.165) is 0 Å².